The van der Waals surface area contributed by atoms with Gasteiger partial charge in [-0.2, -0.15) is 44.8 Å². The third kappa shape index (κ3) is 17.0. The number of aliphatic carboxylic acids is 3. The van der Waals surface area contributed by atoms with Gasteiger partial charge in [-0.25, -0.2) is 19.4 Å². The minimum Gasteiger partial charge on any atom is -0.475 e. The van der Waals surface area contributed by atoms with Crippen molar-refractivity contribution in [3.05, 3.63) is 30.1 Å². The number of likely N-dealkylation sites (tertiary alicyclic amines) is 1. The number of carboxylic acid groups (broad SMARTS) is 3. The zero-order valence-electron chi connectivity index (χ0n) is 23.2. The van der Waals surface area contributed by atoms with Crippen molar-refractivity contribution in [3.63, 3.8) is 0 Å². The number of carbonyl (C=O) groups excluding carboxylic acids is 1. The van der Waals surface area contributed by atoms with Crippen LogP contribution in [0.15, 0.2) is 24.5 Å². The van der Waals surface area contributed by atoms with Gasteiger partial charge in [0.25, 0.3) is 0 Å². The highest BCUT2D eigenvalue weighted by atomic mass is 32.2. The Balaban J connectivity index is 0.000000786. The van der Waals surface area contributed by atoms with E-state index in [0.29, 0.717) is 11.6 Å². The Kier molecular flexibility index (Phi) is 17.3. The van der Waals surface area contributed by atoms with E-state index in [1.165, 1.54) is 5.56 Å². The fourth-order valence-electron chi connectivity index (χ4n) is 3.33. The summed E-state index contributed by atoms with van der Waals surface area (Å²) in [6, 6.07) is 6.14. The zero-order valence-corrected chi connectivity index (χ0v) is 24.0. The molecule has 0 saturated carbocycles. The molecule has 2 fully saturated rings. The van der Waals surface area contributed by atoms with Crippen molar-refractivity contribution in [1.82, 2.24) is 19.8 Å². The molecular formula is C23H27F9N6O7S. The van der Waals surface area contributed by atoms with Crippen LogP contribution >= 0.6 is 11.8 Å². The summed E-state index contributed by atoms with van der Waals surface area (Å²) in [7, 11) is 0. The Morgan fingerprint density at radius 3 is 1.78 bits per heavy atom. The average molecular weight is 703 g/mol. The number of nitrogens with zero attached hydrogens (tertiary/aromatic N) is 5. The van der Waals surface area contributed by atoms with Gasteiger partial charge < -0.3 is 20.2 Å². The standard InChI is InChI=1S/C17H24N6OS.3C2HF3O2/c18-8-16-12-25-13-22(16)17(24)11-23(19)15-3-6-21(7-4-15)10-14-2-1-5-20-9-14;3*3-2(4,5)1(6)7/h1-2,5,9,15-16H,3-4,6-7,10-13,19H2;3*(H,6,7). The maximum absolute atomic E-state index is 12.4. The van der Waals surface area contributed by atoms with Crippen LogP contribution in [0.2, 0.25) is 0 Å². The summed E-state index contributed by atoms with van der Waals surface area (Å²) in [6.07, 6.45) is -9.67. The summed E-state index contributed by atoms with van der Waals surface area (Å²) in [4.78, 5) is 47.3. The van der Waals surface area contributed by atoms with Gasteiger partial charge in [0.1, 0.15) is 6.04 Å². The zero-order chi connectivity index (χ0) is 35.9. The molecule has 13 nitrogen and oxygen atoms in total. The summed E-state index contributed by atoms with van der Waals surface area (Å²) in [5.74, 6) is -0.860. The molecule has 46 heavy (non-hydrogen) atoms. The van der Waals surface area contributed by atoms with Crippen molar-refractivity contribution in [2.75, 3.05) is 31.3 Å². The Morgan fingerprint density at radius 1 is 0.957 bits per heavy atom. The highest BCUT2D eigenvalue weighted by Gasteiger charge is 2.39. The second kappa shape index (κ2) is 18.9. The number of rotatable bonds is 5. The number of thioether (sulfide) groups is 1. The maximum atomic E-state index is 12.4. The quantitative estimate of drug-likeness (QED) is 0.198. The maximum Gasteiger partial charge on any atom is 0.490 e. The largest absolute Gasteiger partial charge is 0.490 e. The van der Waals surface area contributed by atoms with Gasteiger partial charge in [0.15, 0.2) is 0 Å². The average Bonchev–Trinajstić information content (AvgIpc) is 3.43. The SMILES string of the molecule is N#CC1CSCN1C(=O)CN(N)C1CCN(Cc2cccnc2)CC1.O=C(O)C(F)(F)F.O=C(O)C(F)(F)F.O=C(O)C(F)(F)F. The van der Waals surface area contributed by atoms with E-state index in [2.05, 4.69) is 22.0 Å². The number of piperidine rings is 1. The van der Waals surface area contributed by atoms with Crippen LogP contribution in [0.4, 0.5) is 39.5 Å². The van der Waals surface area contributed by atoms with E-state index < -0.39 is 36.4 Å². The van der Waals surface area contributed by atoms with Gasteiger partial charge in [0.2, 0.25) is 5.91 Å². The molecule has 0 radical (unpaired) electrons. The molecule has 2 aliphatic heterocycles. The molecule has 260 valence electrons. The Hall–Kier alpha value is -3.88. The van der Waals surface area contributed by atoms with Crippen molar-refractivity contribution >= 4 is 35.6 Å². The third-order valence-electron chi connectivity index (χ3n) is 5.55. The lowest BCUT2D eigenvalue weighted by Gasteiger charge is -2.36. The summed E-state index contributed by atoms with van der Waals surface area (Å²) in [6.45, 7) is 3.01. The van der Waals surface area contributed by atoms with Gasteiger partial charge >= 0.3 is 36.4 Å². The van der Waals surface area contributed by atoms with E-state index in [4.69, 9.17) is 40.8 Å². The third-order valence-corrected chi connectivity index (χ3v) is 6.56. The van der Waals surface area contributed by atoms with Gasteiger partial charge in [0, 0.05) is 43.8 Å². The number of hydrazine groups is 1. The highest BCUT2D eigenvalue weighted by Crippen LogP contribution is 2.22. The van der Waals surface area contributed by atoms with Crippen LogP contribution in [0.1, 0.15) is 18.4 Å². The first-order chi connectivity index (χ1) is 21.0. The summed E-state index contributed by atoms with van der Waals surface area (Å²) >= 11 is 1.62. The smallest absolute Gasteiger partial charge is 0.475 e. The van der Waals surface area contributed by atoms with Crippen LogP contribution in [-0.2, 0) is 25.7 Å². The first-order valence-electron chi connectivity index (χ1n) is 12.3. The Morgan fingerprint density at radius 2 is 1.41 bits per heavy atom. The molecule has 1 amide bonds. The fourth-order valence-corrected chi connectivity index (χ4v) is 4.43. The predicted octanol–water partition coefficient (Wildman–Crippen LogP) is 2.55. The van der Waals surface area contributed by atoms with Crippen LogP contribution in [-0.4, -0.2) is 121 Å². The van der Waals surface area contributed by atoms with Gasteiger partial charge in [0.05, 0.1) is 18.5 Å². The Labute approximate surface area is 258 Å². The van der Waals surface area contributed by atoms with Gasteiger partial charge in [-0.05, 0) is 24.5 Å². The monoisotopic (exact) mass is 702 g/mol. The lowest BCUT2D eigenvalue weighted by Crippen LogP contribution is -2.52. The molecule has 2 aliphatic rings. The van der Waals surface area contributed by atoms with E-state index in [1.54, 1.807) is 27.9 Å². The van der Waals surface area contributed by atoms with Crippen LogP contribution in [0.3, 0.4) is 0 Å². The van der Waals surface area contributed by atoms with Crippen molar-refractivity contribution in [2.45, 2.75) is 50.0 Å². The molecule has 23 heteroatoms. The summed E-state index contributed by atoms with van der Waals surface area (Å²) in [5.41, 5.74) is 1.22. The van der Waals surface area contributed by atoms with Crippen molar-refractivity contribution in [1.29, 1.82) is 5.26 Å². The molecule has 0 spiro atoms. The molecular weight excluding hydrogens is 675 g/mol. The van der Waals surface area contributed by atoms with Crippen molar-refractivity contribution in [2.24, 2.45) is 5.84 Å². The fraction of sp³-hybridized carbons (Fsp3) is 0.565. The van der Waals surface area contributed by atoms with Crippen LogP contribution in [0.25, 0.3) is 0 Å². The molecule has 5 N–H and O–H groups in total. The number of hydrogen-bond acceptors (Lipinski definition) is 10. The first-order valence-corrected chi connectivity index (χ1v) is 13.5. The summed E-state index contributed by atoms with van der Waals surface area (Å²) < 4.78 is 95.2. The number of carbonyl (C=O) groups is 4. The van der Waals surface area contributed by atoms with E-state index in [1.807, 2.05) is 12.3 Å². The number of amides is 1. The highest BCUT2D eigenvalue weighted by molar-refractivity contribution is 7.99. The van der Waals surface area contributed by atoms with Gasteiger partial charge in [-0.1, -0.05) is 6.07 Å². The molecule has 0 aromatic carbocycles. The minimum atomic E-state index is -5.08. The molecule has 3 rings (SSSR count). The molecule has 0 bridgehead atoms. The number of hydrogen-bond donors (Lipinski definition) is 4. The number of carboxylic acids is 3. The topological polar surface area (TPSA) is 201 Å². The number of nitrogens with two attached hydrogens (primary N) is 1. The molecule has 1 aromatic rings. The molecule has 3 heterocycles. The molecule has 1 unspecified atom stereocenters. The van der Waals surface area contributed by atoms with Crippen molar-refractivity contribution < 1.29 is 74.0 Å². The van der Waals surface area contributed by atoms with Crippen LogP contribution < -0.4 is 5.84 Å². The molecule has 0 aliphatic carbocycles. The van der Waals surface area contributed by atoms with Crippen molar-refractivity contribution in [3.8, 4) is 6.07 Å². The molecule has 1 aromatic heterocycles. The lowest BCUT2D eigenvalue weighted by molar-refractivity contribution is -0.193. The van der Waals surface area contributed by atoms with E-state index in [-0.39, 0.29) is 24.5 Å². The normalized spacial score (nSPS) is 17.3. The Bertz CT molecular complexity index is 1120. The number of alkyl halides is 9. The first kappa shape index (κ1) is 42.1. The second-order valence-corrected chi connectivity index (χ2v) is 9.96. The minimum absolute atomic E-state index is 0.0446. The number of halogens is 9. The second-order valence-electron chi connectivity index (χ2n) is 8.96. The number of pyridine rings is 1. The van der Waals surface area contributed by atoms with Crippen LogP contribution in [0, 0.1) is 11.3 Å². The van der Waals surface area contributed by atoms with Crippen LogP contribution in [0.5, 0.6) is 0 Å². The lowest BCUT2D eigenvalue weighted by atomic mass is 10.0. The van der Waals surface area contributed by atoms with Gasteiger partial charge in [-0.15, -0.1) is 11.8 Å². The van der Waals surface area contributed by atoms with E-state index >= 15 is 0 Å². The summed E-state index contributed by atoms with van der Waals surface area (Å²) in [5, 5.41) is 32.1. The van der Waals surface area contributed by atoms with E-state index in [0.717, 1.165) is 32.5 Å². The predicted molar refractivity (Wildman–Crippen MR) is 138 cm³/mol. The van der Waals surface area contributed by atoms with E-state index in [9.17, 15) is 44.3 Å². The number of nitriles is 1. The number of aromatic nitrogens is 1. The molecule has 1 atom stereocenters. The molecule has 2 saturated heterocycles. The van der Waals surface area contributed by atoms with Gasteiger partial charge in [-0.3, -0.25) is 20.5 Å².